The number of benzene rings is 10. The predicted octanol–water partition coefficient (Wildman–Crippen LogP) is 23.1. The van der Waals surface area contributed by atoms with Crippen molar-refractivity contribution in [2.45, 2.75) is 97.1 Å². The molecule has 0 spiro atoms. The first-order valence-corrected chi connectivity index (χ1v) is 54.9. The molecular weight excluding hydrogens is 1660 g/mol. The van der Waals surface area contributed by atoms with E-state index >= 15 is 0 Å². The van der Waals surface area contributed by atoms with Crippen molar-refractivity contribution in [2.75, 3.05) is 0 Å². The molecule has 0 N–H and O–H groups in total. The van der Waals surface area contributed by atoms with Crippen molar-refractivity contribution in [1.29, 1.82) is 0 Å². The Morgan fingerprint density at radius 2 is 0.485 bits per heavy atom. The van der Waals surface area contributed by atoms with Gasteiger partial charge in [0.15, 0.2) is 11.6 Å². The molecule has 3 unspecified atom stereocenters. The largest absolute Gasteiger partial charge is 0.260 e. The van der Waals surface area contributed by atoms with Gasteiger partial charge in [0.2, 0.25) is 17.6 Å². The molecule has 0 amide bonds. The van der Waals surface area contributed by atoms with Gasteiger partial charge in [-0.25, -0.2) is 24.9 Å². The smallest absolute Gasteiger partial charge is 0.214 e. The summed E-state index contributed by atoms with van der Waals surface area (Å²) in [6, 6.07) is 116. The van der Waals surface area contributed by atoms with E-state index in [0.717, 1.165) is 180 Å². The molecule has 19 aromatic rings. The highest BCUT2D eigenvalue weighted by atomic mass is 28.3. The maximum atomic E-state index is 5.53. The number of rotatable bonds is 21. The van der Waals surface area contributed by atoms with Crippen molar-refractivity contribution in [3.8, 4) is 163 Å². The van der Waals surface area contributed by atoms with Crippen LogP contribution in [0.3, 0.4) is 0 Å². The van der Waals surface area contributed by atoms with E-state index in [2.05, 4.69) is 423 Å². The van der Waals surface area contributed by atoms with Crippen LogP contribution in [0.25, 0.3) is 163 Å². The number of aromatic nitrogens is 12. The number of hydrogen-bond acceptors (Lipinski definition) is 11. The van der Waals surface area contributed by atoms with Crippen LogP contribution in [0.2, 0.25) is 39.3 Å². The van der Waals surface area contributed by atoms with E-state index in [-0.39, 0.29) is 17.8 Å². The van der Waals surface area contributed by atoms with Gasteiger partial charge in [-0.2, -0.15) is 4.57 Å². The molecule has 0 bridgehead atoms. The van der Waals surface area contributed by atoms with Crippen LogP contribution < -0.4 is 35.7 Å². The van der Waals surface area contributed by atoms with Crippen molar-refractivity contribution >= 4 is 55.3 Å². The van der Waals surface area contributed by atoms with Crippen LogP contribution in [0, 0.1) is 0 Å². The van der Waals surface area contributed by atoms with Gasteiger partial charge in [-0.05, 0) is 98.6 Å². The third kappa shape index (κ3) is 15.1. The van der Waals surface area contributed by atoms with Gasteiger partial charge in [0, 0.05) is 196 Å². The van der Waals surface area contributed by atoms with Crippen LogP contribution in [0.1, 0.15) is 72.4 Å². The lowest BCUT2D eigenvalue weighted by atomic mass is 9.90. The molecule has 0 aliphatic carbocycles. The first-order valence-electron chi connectivity index (χ1n) is 45.9. The van der Waals surface area contributed by atoms with E-state index < -0.39 is 24.2 Å². The highest BCUT2D eigenvalue weighted by Gasteiger charge is 2.43. The highest BCUT2D eigenvalue weighted by Crippen LogP contribution is 2.44. The molecule has 3 aliphatic rings. The minimum Gasteiger partial charge on any atom is -0.260 e. The molecule has 9 aromatic heterocycles. The molecule has 12 nitrogen and oxygen atoms in total. The van der Waals surface area contributed by atoms with Gasteiger partial charge in [-0.1, -0.05) is 321 Å². The van der Waals surface area contributed by atoms with Crippen LogP contribution >= 0.6 is 0 Å². The lowest BCUT2D eigenvalue weighted by Gasteiger charge is -2.22. The second-order valence-corrected chi connectivity index (χ2v) is 50.3. The second-order valence-electron chi connectivity index (χ2n) is 37.3. The van der Waals surface area contributed by atoms with E-state index in [0.29, 0.717) is 30.9 Å². The summed E-state index contributed by atoms with van der Waals surface area (Å²) in [5, 5.41) is 8.11. The van der Waals surface area contributed by atoms with E-state index in [1.807, 2.05) is 12.1 Å². The van der Waals surface area contributed by atoms with Crippen LogP contribution in [-0.4, -0.2) is 79.0 Å². The van der Waals surface area contributed by atoms with Gasteiger partial charge in [-0.15, -0.1) is 0 Å². The summed E-state index contributed by atoms with van der Waals surface area (Å²) in [5.41, 5.74) is 34.1. The Labute approximate surface area is 774 Å². The molecule has 0 saturated carbocycles. The average molecular weight is 1760 g/mol. The topological polar surface area (TPSA) is 146 Å². The zero-order valence-corrected chi connectivity index (χ0v) is 78.4. The summed E-state index contributed by atoms with van der Waals surface area (Å²) in [7, 11) is -7.37. The van der Waals surface area contributed by atoms with Crippen molar-refractivity contribution in [1.82, 2.24) is 54.8 Å². The Bertz CT molecular complexity index is 6750. The lowest BCUT2D eigenvalue weighted by Crippen LogP contribution is -2.49. The van der Waals surface area contributed by atoms with E-state index in [9.17, 15) is 0 Å². The average Bonchev–Trinajstić information content (AvgIpc) is 1.58. The Kier molecular flexibility index (Phi) is 21.2. The fourth-order valence-corrected chi connectivity index (χ4v) is 29.5. The SMILES string of the molecule is CC(Cc1c(-c2ccccc2)nc(-c2ccccc2)nc1-c1ccccc1)c1cc2c(cn1)-c1cnc(-c3cc(-c4cc5c(cn4)-c4cnc(C(C)Cc6c(-c7ccccc7)nc(-c7ccccc7)nc6-c6ccccc6)cc4[Si]5(C)C)cc(-c4cc5c(cn4)-c4cnc(C(C)Cc6c(-c7ccccc7)nc(-c7ccccc7)c[n+]6-c6ccccc6)cc4[Si]5(C)C)c3)cc1[Si]2(C)C. The van der Waals surface area contributed by atoms with Gasteiger partial charge >= 0.3 is 0 Å². The quantitative estimate of drug-likeness (QED) is 0.0500. The number of para-hydroxylation sites is 1. The fourth-order valence-electron chi connectivity index (χ4n) is 20.4. The molecular formula is C117H97N12Si3+. The minimum atomic E-state index is -2.46. The third-order valence-electron chi connectivity index (χ3n) is 27.7. The van der Waals surface area contributed by atoms with Crippen LogP contribution in [0.15, 0.2) is 371 Å². The van der Waals surface area contributed by atoms with Crippen molar-refractivity contribution in [3.63, 3.8) is 0 Å². The van der Waals surface area contributed by atoms with E-state index in [4.69, 9.17) is 54.8 Å². The summed E-state index contributed by atoms with van der Waals surface area (Å²) in [6.07, 6.45) is 17.0. The molecule has 636 valence electrons. The molecule has 12 heterocycles. The molecule has 3 atom stereocenters. The Morgan fingerprint density at radius 1 is 0.235 bits per heavy atom. The summed E-state index contributed by atoms with van der Waals surface area (Å²) in [4.78, 5) is 60.0. The van der Waals surface area contributed by atoms with Crippen molar-refractivity contribution in [2.24, 2.45) is 0 Å². The lowest BCUT2D eigenvalue weighted by molar-refractivity contribution is -0.604. The molecule has 22 rings (SSSR count). The molecule has 0 fully saturated rings. The summed E-state index contributed by atoms with van der Waals surface area (Å²) in [5.74, 6) is 1.45. The molecule has 0 saturated heterocycles. The Hall–Kier alpha value is -15.0. The maximum absolute atomic E-state index is 5.53. The number of nitrogens with zero attached hydrogens (tertiary/aromatic N) is 12. The third-order valence-corrected chi connectivity index (χ3v) is 38.3. The Balaban J connectivity index is 0.619. The molecule has 0 radical (unpaired) electrons. The van der Waals surface area contributed by atoms with Gasteiger partial charge in [0.1, 0.15) is 35.6 Å². The van der Waals surface area contributed by atoms with E-state index in [1.54, 1.807) is 0 Å². The molecule has 132 heavy (non-hydrogen) atoms. The van der Waals surface area contributed by atoms with Gasteiger partial charge in [0.25, 0.3) is 0 Å². The van der Waals surface area contributed by atoms with Crippen LogP contribution in [-0.2, 0) is 19.3 Å². The van der Waals surface area contributed by atoms with Crippen LogP contribution in [0.4, 0.5) is 0 Å². The Morgan fingerprint density at radius 3 is 0.788 bits per heavy atom. The molecule has 3 aliphatic heterocycles. The molecule has 15 heteroatoms. The monoisotopic (exact) mass is 1750 g/mol. The van der Waals surface area contributed by atoms with Crippen molar-refractivity contribution < 1.29 is 4.57 Å². The van der Waals surface area contributed by atoms with Gasteiger partial charge in [-0.3, -0.25) is 29.9 Å². The summed E-state index contributed by atoms with van der Waals surface area (Å²) >= 11 is 0. The van der Waals surface area contributed by atoms with Crippen molar-refractivity contribution in [3.05, 3.63) is 405 Å². The fraction of sp³-hybridized carbons (Fsp3) is 0.128. The first-order chi connectivity index (χ1) is 64.4. The molecule has 10 aromatic carbocycles. The van der Waals surface area contributed by atoms with E-state index in [1.165, 1.54) is 36.7 Å². The highest BCUT2D eigenvalue weighted by molar-refractivity contribution is 7.05. The summed E-state index contributed by atoms with van der Waals surface area (Å²) < 4.78 is 2.36. The zero-order valence-electron chi connectivity index (χ0n) is 75.4. The second kappa shape index (κ2) is 33.8. The van der Waals surface area contributed by atoms with Crippen LogP contribution in [0.5, 0.6) is 0 Å². The normalized spacial score (nSPS) is 14.0. The minimum absolute atomic E-state index is 0.00992. The predicted molar refractivity (Wildman–Crippen MR) is 546 cm³/mol. The number of pyridine rings is 6. The number of hydrogen-bond donors (Lipinski definition) is 0. The maximum Gasteiger partial charge on any atom is 0.214 e. The summed E-state index contributed by atoms with van der Waals surface area (Å²) in [6.45, 7) is 21.9. The van der Waals surface area contributed by atoms with Gasteiger partial charge < -0.3 is 0 Å². The standard InChI is InChI=1S/C117H97N12Si3/c1-74(55-89-111(78-39-21-11-22-40-78)125-116(83-49-31-16-32-50-83)126-112(89)79-41-23-12-24-42-79)97-61-105-91(67-118-97)94-70-121-100(64-108(94)130(105,4)5)85-58-86(101-65-109-95(71-122-101)92-68-119-98(62-106(92)131(109,6)7)75(2)56-90-113(80-43-25-13-26-44-80)127-117(84-51-33-17-34-52-84)128-114(90)81-45-27-14-28-46-81)60-87(59-85)102-66-110-96(72-123-102)93-69-120-99(63-107(93)132(110,8)9)76(3)57-104-115(82-47-29-15-30-48-82)124-103(77-37-19-10-20-38-77)73-129(104)88-53-35-18-36-54-88/h10-54,58-76H,55-57H2,1-9H3/q+1. The zero-order chi connectivity index (χ0) is 89.5. The van der Waals surface area contributed by atoms with Gasteiger partial charge in [0.05, 0.1) is 39.9 Å². The number of fused-ring (bicyclic) bond motifs is 9. The first kappa shape index (κ1) is 82.7.